The molecule has 182 valence electrons. The van der Waals surface area contributed by atoms with Crippen molar-refractivity contribution in [1.29, 1.82) is 0 Å². The van der Waals surface area contributed by atoms with Crippen LogP contribution in [0.1, 0.15) is 27.7 Å². The molecule has 8 heteroatoms. The third-order valence-electron chi connectivity index (χ3n) is 6.48. The van der Waals surface area contributed by atoms with Gasteiger partial charge in [-0.3, -0.25) is 14.5 Å². The maximum absolute atomic E-state index is 13.7. The van der Waals surface area contributed by atoms with Crippen molar-refractivity contribution in [1.82, 2.24) is 9.80 Å². The summed E-state index contributed by atoms with van der Waals surface area (Å²) in [6.45, 7) is 8.15. The number of carbonyl (C=O) groups is 1. The SMILES string of the molecule is C=CCOc1cccc(C2c3c(oc4cc(OC)ccc4c3=O)C(=O)N2CCN2CCOCC2)c1. The van der Waals surface area contributed by atoms with E-state index in [1.807, 2.05) is 24.3 Å². The van der Waals surface area contributed by atoms with E-state index in [1.54, 1.807) is 36.3 Å². The van der Waals surface area contributed by atoms with Crippen molar-refractivity contribution < 1.29 is 23.4 Å². The van der Waals surface area contributed by atoms with Crippen molar-refractivity contribution in [2.24, 2.45) is 0 Å². The molecule has 0 N–H and O–H groups in total. The van der Waals surface area contributed by atoms with Crippen LogP contribution in [0.2, 0.25) is 0 Å². The Bertz CT molecular complexity index is 1310. The molecule has 2 aromatic carbocycles. The topological polar surface area (TPSA) is 81.5 Å². The molecule has 8 nitrogen and oxygen atoms in total. The van der Waals surface area contributed by atoms with Crippen LogP contribution in [0, 0.1) is 0 Å². The fraction of sp³-hybridized carbons (Fsp3) is 0.333. The minimum Gasteiger partial charge on any atom is -0.497 e. The molecular weight excluding hydrogens is 448 g/mol. The van der Waals surface area contributed by atoms with Gasteiger partial charge in [0.25, 0.3) is 5.91 Å². The summed E-state index contributed by atoms with van der Waals surface area (Å²) in [6, 6.07) is 12.0. The normalized spacial score (nSPS) is 18.0. The molecule has 1 fully saturated rings. The second-order valence-electron chi connectivity index (χ2n) is 8.56. The van der Waals surface area contributed by atoms with Gasteiger partial charge in [0.05, 0.1) is 37.3 Å². The first-order valence-electron chi connectivity index (χ1n) is 11.7. The Labute approximate surface area is 203 Å². The van der Waals surface area contributed by atoms with Crippen LogP contribution in [0.15, 0.2) is 64.3 Å². The molecule has 1 unspecified atom stereocenters. The van der Waals surface area contributed by atoms with Crippen molar-refractivity contribution in [3.8, 4) is 11.5 Å². The summed E-state index contributed by atoms with van der Waals surface area (Å²) in [6.07, 6.45) is 1.67. The molecule has 3 aromatic rings. The zero-order valence-electron chi connectivity index (χ0n) is 19.7. The van der Waals surface area contributed by atoms with Crippen LogP contribution >= 0.6 is 0 Å². The standard InChI is InChI=1S/C27H28N2O6/c1-3-13-34-20-6-4-5-18(16-20)24-23-25(30)21-8-7-19(32-2)17-22(21)35-26(23)27(31)29(24)10-9-28-11-14-33-15-12-28/h3-8,16-17,24H,1,9-15H2,2H3. The molecule has 1 atom stereocenters. The first-order chi connectivity index (χ1) is 17.1. The number of nitrogens with zero attached hydrogens (tertiary/aromatic N) is 2. The average molecular weight is 477 g/mol. The lowest BCUT2D eigenvalue weighted by Crippen LogP contribution is -2.42. The fourth-order valence-corrected chi connectivity index (χ4v) is 4.71. The van der Waals surface area contributed by atoms with Crippen molar-refractivity contribution in [2.75, 3.05) is 53.1 Å². The van der Waals surface area contributed by atoms with Crippen LogP contribution in [-0.2, 0) is 4.74 Å². The maximum atomic E-state index is 13.7. The highest BCUT2D eigenvalue weighted by Gasteiger charge is 2.42. The van der Waals surface area contributed by atoms with Gasteiger partial charge in [-0.05, 0) is 29.8 Å². The van der Waals surface area contributed by atoms with Crippen LogP contribution in [0.25, 0.3) is 11.0 Å². The van der Waals surface area contributed by atoms with Gasteiger partial charge in [0, 0.05) is 32.2 Å². The van der Waals surface area contributed by atoms with E-state index in [1.165, 1.54) is 0 Å². The monoisotopic (exact) mass is 476 g/mol. The Kier molecular flexibility index (Phi) is 6.57. The number of benzene rings is 2. The minimum absolute atomic E-state index is 0.0835. The number of amides is 1. The highest BCUT2D eigenvalue weighted by Crippen LogP contribution is 2.39. The molecule has 35 heavy (non-hydrogen) atoms. The van der Waals surface area contributed by atoms with Gasteiger partial charge in [-0.25, -0.2) is 0 Å². The summed E-state index contributed by atoms with van der Waals surface area (Å²) >= 11 is 0. The summed E-state index contributed by atoms with van der Waals surface area (Å²) in [4.78, 5) is 31.3. The Hall–Kier alpha value is -3.62. The Morgan fingerprint density at radius 2 is 1.91 bits per heavy atom. The van der Waals surface area contributed by atoms with E-state index in [2.05, 4.69) is 11.5 Å². The van der Waals surface area contributed by atoms with Gasteiger partial charge in [0.2, 0.25) is 5.76 Å². The molecule has 1 amide bonds. The van der Waals surface area contributed by atoms with E-state index >= 15 is 0 Å². The van der Waals surface area contributed by atoms with Gasteiger partial charge in [0.15, 0.2) is 5.43 Å². The van der Waals surface area contributed by atoms with Gasteiger partial charge in [0.1, 0.15) is 23.7 Å². The molecule has 2 aliphatic heterocycles. The highest BCUT2D eigenvalue weighted by atomic mass is 16.5. The highest BCUT2D eigenvalue weighted by molar-refractivity contribution is 5.99. The lowest BCUT2D eigenvalue weighted by Gasteiger charge is -2.31. The molecule has 1 aromatic heterocycles. The van der Waals surface area contributed by atoms with Gasteiger partial charge in [-0.15, -0.1) is 0 Å². The summed E-state index contributed by atoms with van der Waals surface area (Å²) in [5.74, 6) is 0.989. The second kappa shape index (κ2) is 9.93. The van der Waals surface area contributed by atoms with E-state index in [-0.39, 0.29) is 17.1 Å². The van der Waals surface area contributed by atoms with Gasteiger partial charge < -0.3 is 23.5 Å². The van der Waals surface area contributed by atoms with Crippen LogP contribution in [0.3, 0.4) is 0 Å². The third-order valence-corrected chi connectivity index (χ3v) is 6.48. The summed E-state index contributed by atoms with van der Waals surface area (Å²) < 4.78 is 22.5. The molecular formula is C27H28N2O6. The molecule has 3 heterocycles. The zero-order chi connectivity index (χ0) is 24.4. The summed E-state index contributed by atoms with van der Waals surface area (Å²) in [5.41, 5.74) is 1.27. The predicted molar refractivity (Wildman–Crippen MR) is 131 cm³/mol. The van der Waals surface area contributed by atoms with Crippen LogP contribution in [-0.4, -0.2) is 68.8 Å². The number of carbonyl (C=O) groups excluding carboxylic acids is 1. The molecule has 0 saturated carbocycles. The summed E-state index contributed by atoms with van der Waals surface area (Å²) in [7, 11) is 1.54. The minimum atomic E-state index is -0.575. The molecule has 0 bridgehead atoms. The molecule has 5 rings (SSSR count). The van der Waals surface area contributed by atoms with Crippen molar-refractivity contribution >= 4 is 16.9 Å². The number of ether oxygens (including phenoxy) is 3. The number of rotatable bonds is 8. The van der Waals surface area contributed by atoms with Crippen LogP contribution in [0.5, 0.6) is 11.5 Å². The number of hydrogen-bond acceptors (Lipinski definition) is 7. The molecule has 2 aliphatic rings. The largest absolute Gasteiger partial charge is 0.497 e. The lowest BCUT2D eigenvalue weighted by atomic mass is 9.98. The Balaban J connectivity index is 1.59. The van der Waals surface area contributed by atoms with E-state index < -0.39 is 6.04 Å². The number of hydrogen-bond donors (Lipinski definition) is 0. The fourth-order valence-electron chi connectivity index (χ4n) is 4.71. The average Bonchev–Trinajstić information content (AvgIpc) is 3.18. The van der Waals surface area contributed by atoms with Crippen molar-refractivity contribution in [2.45, 2.75) is 6.04 Å². The van der Waals surface area contributed by atoms with Gasteiger partial charge in [-0.2, -0.15) is 0 Å². The van der Waals surface area contributed by atoms with Crippen LogP contribution in [0.4, 0.5) is 0 Å². The van der Waals surface area contributed by atoms with Gasteiger partial charge in [-0.1, -0.05) is 24.8 Å². The molecule has 0 aliphatic carbocycles. The molecule has 0 spiro atoms. The number of fused-ring (bicyclic) bond motifs is 2. The predicted octanol–water partition coefficient (Wildman–Crippen LogP) is 3.24. The third kappa shape index (κ3) is 4.42. The second-order valence-corrected chi connectivity index (χ2v) is 8.56. The maximum Gasteiger partial charge on any atom is 0.290 e. The summed E-state index contributed by atoms with van der Waals surface area (Å²) in [5, 5.41) is 0.413. The first kappa shape index (κ1) is 23.1. The van der Waals surface area contributed by atoms with Crippen molar-refractivity contribution in [3.05, 3.63) is 82.2 Å². The van der Waals surface area contributed by atoms with E-state index in [0.29, 0.717) is 60.9 Å². The Morgan fingerprint density at radius 1 is 1.09 bits per heavy atom. The first-order valence-corrected chi connectivity index (χ1v) is 11.7. The van der Waals surface area contributed by atoms with E-state index in [4.69, 9.17) is 18.6 Å². The van der Waals surface area contributed by atoms with Gasteiger partial charge >= 0.3 is 0 Å². The quantitative estimate of drug-likeness (QED) is 0.462. The zero-order valence-corrected chi connectivity index (χ0v) is 19.7. The Morgan fingerprint density at radius 3 is 2.69 bits per heavy atom. The van der Waals surface area contributed by atoms with E-state index in [9.17, 15) is 9.59 Å². The van der Waals surface area contributed by atoms with E-state index in [0.717, 1.165) is 18.7 Å². The molecule has 0 radical (unpaired) electrons. The lowest BCUT2D eigenvalue weighted by molar-refractivity contribution is 0.0314. The number of methoxy groups -OCH3 is 1. The van der Waals surface area contributed by atoms with Crippen LogP contribution < -0.4 is 14.9 Å². The molecule has 1 saturated heterocycles. The van der Waals surface area contributed by atoms with Crippen molar-refractivity contribution in [3.63, 3.8) is 0 Å². The smallest absolute Gasteiger partial charge is 0.290 e. The number of morpholine rings is 1.